The van der Waals surface area contributed by atoms with Gasteiger partial charge in [-0.15, -0.1) is 0 Å². The maximum absolute atomic E-state index is 11.8. The molecule has 1 N–H and O–H groups in total. The standard InChI is InChI=1S/C14H26N2O/c1-12(10-15-14(2,3)4)11-16-9-7-5-6-8-13(16)17/h15H,1,5-11H2,2-4H3. The molecule has 1 amide bonds. The quantitative estimate of drug-likeness (QED) is 0.762. The van der Waals surface area contributed by atoms with Crippen LogP contribution in [-0.2, 0) is 4.79 Å². The van der Waals surface area contributed by atoms with E-state index in [0.29, 0.717) is 18.9 Å². The van der Waals surface area contributed by atoms with E-state index in [1.807, 2.05) is 4.90 Å². The highest BCUT2D eigenvalue weighted by Gasteiger charge is 2.17. The van der Waals surface area contributed by atoms with Gasteiger partial charge in [-0.05, 0) is 39.2 Å². The Labute approximate surface area is 105 Å². The molecule has 0 unspecified atom stereocenters. The average Bonchev–Trinajstić information content (AvgIpc) is 2.41. The Kier molecular flexibility index (Phi) is 5.19. The fraction of sp³-hybridized carbons (Fsp3) is 0.786. The van der Waals surface area contributed by atoms with E-state index in [1.54, 1.807) is 0 Å². The summed E-state index contributed by atoms with van der Waals surface area (Å²) in [7, 11) is 0. The van der Waals surface area contributed by atoms with Gasteiger partial charge in [0.1, 0.15) is 0 Å². The third-order valence-corrected chi connectivity index (χ3v) is 2.95. The number of nitrogens with one attached hydrogen (secondary N) is 1. The lowest BCUT2D eigenvalue weighted by Crippen LogP contribution is -2.39. The first-order valence-corrected chi connectivity index (χ1v) is 6.58. The van der Waals surface area contributed by atoms with Crippen LogP contribution in [0.1, 0.15) is 46.5 Å². The first-order chi connectivity index (χ1) is 7.88. The van der Waals surface area contributed by atoms with Crippen molar-refractivity contribution in [1.82, 2.24) is 10.2 Å². The summed E-state index contributed by atoms with van der Waals surface area (Å²) in [5.41, 5.74) is 1.20. The normalized spacial score (nSPS) is 18.1. The summed E-state index contributed by atoms with van der Waals surface area (Å²) in [5.74, 6) is 0.291. The molecular formula is C14H26N2O. The SMILES string of the molecule is C=C(CNC(C)(C)C)CN1CCCCCC1=O. The van der Waals surface area contributed by atoms with E-state index in [9.17, 15) is 4.79 Å². The van der Waals surface area contributed by atoms with E-state index in [2.05, 4.69) is 32.7 Å². The van der Waals surface area contributed by atoms with Gasteiger partial charge >= 0.3 is 0 Å². The molecule has 0 aliphatic carbocycles. The van der Waals surface area contributed by atoms with Crippen LogP contribution in [0.3, 0.4) is 0 Å². The monoisotopic (exact) mass is 238 g/mol. The van der Waals surface area contributed by atoms with E-state index in [0.717, 1.165) is 31.5 Å². The van der Waals surface area contributed by atoms with Crippen molar-refractivity contribution in [1.29, 1.82) is 0 Å². The zero-order valence-corrected chi connectivity index (χ0v) is 11.5. The lowest BCUT2D eigenvalue weighted by molar-refractivity contribution is -0.130. The van der Waals surface area contributed by atoms with Crippen LogP contribution in [0, 0.1) is 0 Å². The lowest BCUT2D eigenvalue weighted by Gasteiger charge is -2.25. The number of hydrogen-bond donors (Lipinski definition) is 1. The molecule has 1 saturated heterocycles. The Bertz CT molecular complexity index is 278. The van der Waals surface area contributed by atoms with Gasteiger partial charge in [0.25, 0.3) is 0 Å². The number of amides is 1. The summed E-state index contributed by atoms with van der Waals surface area (Å²) in [5, 5.41) is 3.40. The minimum atomic E-state index is 0.103. The summed E-state index contributed by atoms with van der Waals surface area (Å²) >= 11 is 0. The van der Waals surface area contributed by atoms with Crippen molar-refractivity contribution in [3.63, 3.8) is 0 Å². The Morgan fingerprint density at radius 3 is 2.71 bits per heavy atom. The minimum absolute atomic E-state index is 0.103. The third-order valence-electron chi connectivity index (χ3n) is 2.95. The number of carbonyl (C=O) groups is 1. The highest BCUT2D eigenvalue weighted by molar-refractivity contribution is 5.76. The first kappa shape index (κ1) is 14.2. The second-order valence-electron chi connectivity index (χ2n) is 5.98. The molecule has 17 heavy (non-hydrogen) atoms. The van der Waals surface area contributed by atoms with Gasteiger partial charge in [-0.3, -0.25) is 4.79 Å². The predicted molar refractivity (Wildman–Crippen MR) is 71.9 cm³/mol. The summed E-state index contributed by atoms with van der Waals surface area (Å²) < 4.78 is 0. The van der Waals surface area contributed by atoms with Crippen LogP contribution in [0.5, 0.6) is 0 Å². The van der Waals surface area contributed by atoms with Crippen LogP contribution in [-0.4, -0.2) is 36.0 Å². The molecule has 0 spiro atoms. The molecule has 0 aromatic rings. The maximum Gasteiger partial charge on any atom is 0.222 e. The molecule has 0 atom stereocenters. The number of hydrogen-bond acceptors (Lipinski definition) is 2. The topological polar surface area (TPSA) is 32.3 Å². The van der Waals surface area contributed by atoms with E-state index >= 15 is 0 Å². The molecule has 1 heterocycles. The Hall–Kier alpha value is -0.830. The number of carbonyl (C=O) groups excluding carboxylic acids is 1. The van der Waals surface area contributed by atoms with Crippen molar-refractivity contribution < 1.29 is 4.79 Å². The zero-order chi connectivity index (χ0) is 12.9. The molecule has 0 saturated carbocycles. The molecule has 1 aliphatic heterocycles. The number of nitrogens with zero attached hydrogens (tertiary/aromatic N) is 1. The van der Waals surface area contributed by atoms with Crippen molar-refractivity contribution >= 4 is 5.91 Å². The summed E-state index contributed by atoms with van der Waals surface area (Å²) in [6.07, 6.45) is 4.06. The molecule has 1 rings (SSSR count). The van der Waals surface area contributed by atoms with Crippen molar-refractivity contribution in [3.8, 4) is 0 Å². The average molecular weight is 238 g/mol. The Morgan fingerprint density at radius 2 is 2.06 bits per heavy atom. The van der Waals surface area contributed by atoms with Gasteiger partial charge in [-0.25, -0.2) is 0 Å². The second kappa shape index (κ2) is 6.20. The van der Waals surface area contributed by atoms with Gasteiger partial charge in [-0.1, -0.05) is 13.0 Å². The van der Waals surface area contributed by atoms with Gasteiger partial charge < -0.3 is 10.2 Å². The highest BCUT2D eigenvalue weighted by Crippen LogP contribution is 2.12. The Morgan fingerprint density at radius 1 is 1.35 bits per heavy atom. The van der Waals surface area contributed by atoms with Crippen LogP contribution in [0.4, 0.5) is 0 Å². The maximum atomic E-state index is 11.8. The lowest BCUT2D eigenvalue weighted by atomic mass is 10.1. The van der Waals surface area contributed by atoms with Crippen LogP contribution in [0.25, 0.3) is 0 Å². The van der Waals surface area contributed by atoms with E-state index < -0.39 is 0 Å². The predicted octanol–water partition coefficient (Wildman–Crippen LogP) is 2.33. The Balaban J connectivity index is 2.36. The van der Waals surface area contributed by atoms with E-state index in [1.165, 1.54) is 6.42 Å². The highest BCUT2D eigenvalue weighted by atomic mass is 16.2. The van der Waals surface area contributed by atoms with Crippen LogP contribution >= 0.6 is 0 Å². The van der Waals surface area contributed by atoms with Gasteiger partial charge in [-0.2, -0.15) is 0 Å². The first-order valence-electron chi connectivity index (χ1n) is 6.58. The molecule has 0 aromatic heterocycles. The molecule has 0 aromatic carbocycles. The second-order valence-corrected chi connectivity index (χ2v) is 5.98. The molecule has 1 aliphatic rings. The van der Waals surface area contributed by atoms with Crippen LogP contribution in [0.15, 0.2) is 12.2 Å². The summed E-state index contributed by atoms with van der Waals surface area (Å²) in [4.78, 5) is 13.8. The molecule has 98 valence electrons. The van der Waals surface area contributed by atoms with Crippen molar-refractivity contribution in [3.05, 3.63) is 12.2 Å². The van der Waals surface area contributed by atoms with Gasteiger partial charge in [0.05, 0.1) is 0 Å². The number of rotatable bonds is 4. The molecule has 0 bridgehead atoms. The fourth-order valence-electron chi connectivity index (χ4n) is 1.92. The third kappa shape index (κ3) is 5.87. The molecule has 3 heteroatoms. The van der Waals surface area contributed by atoms with Gasteiger partial charge in [0.15, 0.2) is 0 Å². The smallest absolute Gasteiger partial charge is 0.222 e. The van der Waals surface area contributed by atoms with Crippen LogP contribution in [0.2, 0.25) is 0 Å². The largest absolute Gasteiger partial charge is 0.339 e. The van der Waals surface area contributed by atoms with Crippen molar-refractivity contribution in [2.75, 3.05) is 19.6 Å². The molecule has 1 fully saturated rings. The van der Waals surface area contributed by atoms with E-state index in [4.69, 9.17) is 0 Å². The fourth-order valence-corrected chi connectivity index (χ4v) is 1.92. The van der Waals surface area contributed by atoms with Gasteiger partial charge in [0.2, 0.25) is 5.91 Å². The van der Waals surface area contributed by atoms with Crippen molar-refractivity contribution in [2.45, 2.75) is 52.0 Å². The summed E-state index contributed by atoms with van der Waals surface area (Å²) in [6, 6.07) is 0. The van der Waals surface area contributed by atoms with E-state index in [-0.39, 0.29) is 5.54 Å². The summed E-state index contributed by atoms with van der Waals surface area (Å²) in [6.45, 7) is 12.9. The molecule has 3 nitrogen and oxygen atoms in total. The number of likely N-dealkylation sites (tertiary alicyclic amines) is 1. The minimum Gasteiger partial charge on any atom is -0.339 e. The molecular weight excluding hydrogens is 212 g/mol. The van der Waals surface area contributed by atoms with Crippen LogP contribution < -0.4 is 5.32 Å². The van der Waals surface area contributed by atoms with Crippen molar-refractivity contribution in [2.24, 2.45) is 0 Å². The zero-order valence-electron chi connectivity index (χ0n) is 11.5. The molecule has 0 radical (unpaired) electrons. The van der Waals surface area contributed by atoms with Gasteiger partial charge in [0, 0.05) is 31.6 Å².